The van der Waals surface area contributed by atoms with Gasteiger partial charge in [0.1, 0.15) is 5.69 Å². The van der Waals surface area contributed by atoms with Crippen molar-refractivity contribution in [3.63, 3.8) is 0 Å². The van der Waals surface area contributed by atoms with Gasteiger partial charge in [-0.3, -0.25) is 9.48 Å². The molecule has 4 rings (SSSR count). The number of nitrogens with zero attached hydrogens (tertiary/aromatic N) is 4. The van der Waals surface area contributed by atoms with E-state index in [1.165, 1.54) is 17.7 Å². The van der Waals surface area contributed by atoms with Crippen molar-refractivity contribution in [2.75, 3.05) is 19.7 Å². The predicted molar refractivity (Wildman–Crippen MR) is 96.3 cm³/mol. The summed E-state index contributed by atoms with van der Waals surface area (Å²) in [4.78, 5) is 16.0. The van der Waals surface area contributed by atoms with Crippen molar-refractivity contribution < 1.29 is 9.53 Å². The van der Waals surface area contributed by atoms with E-state index in [0.717, 1.165) is 56.1 Å². The summed E-state index contributed by atoms with van der Waals surface area (Å²) in [5, 5.41) is 8.55. The summed E-state index contributed by atoms with van der Waals surface area (Å²) in [7, 11) is 0. The summed E-state index contributed by atoms with van der Waals surface area (Å²) in [6.45, 7) is 3.38. The number of carbonyl (C=O) groups excluding carboxylic acids is 1. The van der Waals surface area contributed by atoms with Crippen molar-refractivity contribution >= 4 is 17.2 Å². The summed E-state index contributed by atoms with van der Waals surface area (Å²) in [5.74, 6) is 0.287. The second-order valence-electron chi connectivity index (χ2n) is 6.76. The molecule has 0 bridgehead atoms. The largest absolute Gasteiger partial charge is 0.373 e. The molecule has 0 aliphatic carbocycles. The Labute approximate surface area is 151 Å². The number of thiophene rings is 1. The number of carbonyl (C=O) groups is 1. The van der Waals surface area contributed by atoms with Crippen molar-refractivity contribution in [2.24, 2.45) is 0 Å². The SMILES string of the molecule is O=C1CCCN1CCCn1cc(-c2ccc([C@H]3CCCCO3)s2)nn1. The Kier molecular flexibility index (Phi) is 5.12. The monoisotopic (exact) mass is 360 g/mol. The number of likely N-dealkylation sites (tertiary alicyclic amines) is 1. The average Bonchev–Trinajstić information content (AvgIpc) is 3.37. The molecule has 2 aromatic heterocycles. The maximum Gasteiger partial charge on any atom is 0.222 e. The Morgan fingerprint density at radius 2 is 2.20 bits per heavy atom. The second-order valence-corrected chi connectivity index (χ2v) is 7.88. The summed E-state index contributed by atoms with van der Waals surface area (Å²) in [6.07, 6.45) is 8.40. The number of rotatable bonds is 6. The normalized spacial score (nSPS) is 21.2. The van der Waals surface area contributed by atoms with Gasteiger partial charge in [0.05, 0.1) is 17.2 Å². The first kappa shape index (κ1) is 16.7. The fraction of sp³-hybridized carbons (Fsp3) is 0.611. The Morgan fingerprint density at radius 3 is 3.00 bits per heavy atom. The van der Waals surface area contributed by atoms with Gasteiger partial charge in [-0.25, -0.2) is 0 Å². The minimum absolute atomic E-state index is 0.251. The molecule has 1 atom stereocenters. The number of hydrogen-bond acceptors (Lipinski definition) is 5. The van der Waals surface area contributed by atoms with Crippen molar-refractivity contribution in [2.45, 2.75) is 51.2 Å². The molecule has 0 saturated carbocycles. The van der Waals surface area contributed by atoms with Crippen LogP contribution in [-0.2, 0) is 16.1 Å². The number of ether oxygens (including phenoxy) is 1. The van der Waals surface area contributed by atoms with Crippen LogP contribution in [0.5, 0.6) is 0 Å². The lowest BCUT2D eigenvalue weighted by molar-refractivity contribution is -0.127. The molecule has 0 unspecified atom stereocenters. The van der Waals surface area contributed by atoms with E-state index in [1.54, 1.807) is 11.3 Å². The molecule has 2 saturated heterocycles. The molecule has 2 fully saturated rings. The molecule has 0 radical (unpaired) electrons. The van der Waals surface area contributed by atoms with E-state index in [0.29, 0.717) is 6.42 Å². The summed E-state index contributed by atoms with van der Waals surface area (Å²) < 4.78 is 7.75. The number of amides is 1. The smallest absolute Gasteiger partial charge is 0.222 e. The Bertz CT molecular complexity index is 720. The number of aromatic nitrogens is 3. The Hall–Kier alpha value is -1.73. The van der Waals surface area contributed by atoms with Crippen LogP contribution in [-0.4, -0.2) is 45.5 Å². The molecular formula is C18H24N4O2S. The minimum Gasteiger partial charge on any atom is -0.373 e. The highest BCUT2D eigenvalue weighted by molar-refractivity contribution is 7.15. The average molecular weight is 360 g/mol. The highest BCUT2D eigenvalue weighted by Gasteiger charge is 2.20. The molecule has 6 nitrogen and oxygen atoms in total. The zero-order valence-corrected chi connectivity index (χ0v) is 15.2. The molecule has 0 aromatic carbocycles. The van der Waals surface area contributed by atoms with Gasteiger partial charge in [0, 0.05) is 37.5 Å². The zero-order chi connectivity index (χ0) is 17.1. The second kappa shape index (κ2) is 7.66. The van der Waals surface area contributed by atoms with Gasteiger partial charge in [0.25, 0.3) is 0 Å². The van der Waals surface area contributed by atoms with E-state index in [4.69, 9.17) is 4.74 Å². The fourth-order valence-electron chi connectivity index (χ4n) is 3.51. The number of aryl methyl sites for hydroxylation is 1. The van der Waals surface area contributed by atoms with Crippen LogP contribution in [0.2, 0.25) is 0 Å². The first-order valence-corrected chi connectivity index (χ1v) is 10.0. The molecule has 25 heavy (non-hydrogen) atoms. The fourth-order valence-corrected chi connectivity index (χ4v) is 4.55. The summed E-state index contributed by atoms with van der Waals surface area (Å²) >= 11 is 1.76. The van der Waals surface area contributed by atoms with Gasteiger partial charge in [-0.15, -0.1) is 16.4 Å². The van der Waals surface area contributed by atoms with Gasteiger partial charge < -0.3 is 9.64 Å². The molecule has 1 amide bonds. The highest BCUT2D eigenvalue weighted by Crippen LogP contribution is 2.35. The van der Waals surface area contributed by atoms with Crippen LogP contribution in [0.1, 0.15) is 49.5 Å². The molecule has 2 aromatic rings. The lowest BCUT2D eigenvalue weighted by atomic mass is 10.1. The van der Waals surface area contributed by atoms with Gasteiger partial charge in [-0.05, 0) is 44.2 Å². The molecule has 134 valence electrons. The van der Waals surface area contributed by atoms with E-state index in [-0.39, 0.29) is 12.0 Å². The van der Waals surface area contributed by atoms with Crippen molar-refractivity contribution in [3.8, 4) is 10.6 Å². The lowest BCUT2D eigenvalue weighted by Gasteiger charge is -2.21. The third-order valence-electron chi connectivity index (χ3n) is 4.90. The van der Waals surface area contributed by atoms with E-state index in [2.05, 4.69) is 22.4 Å². The highest BCUT2D eigenvalue weighted by atomic mass is 32.1. The third kappa shape index (κ3) is 3.93. The van der Waals surface area contributed by atoms with Crippen molar-refractivity contribution in [3.05, 3.63) is 23.2 Å². The van der Waals surface area contributed by atoms with Crippen LogP contribution in [0, 0.1) is 0 Å². The molecule has 7 heteroatoms. The van der Waals surface area contributed by atoms with E-state index in [1.807, 2.05) is 15.8 Å². The van der Waals surface area contributed by atoms with Gasteiger partial charge in [0.15, 0.2) is 0 Å². The first-order valence-electron chi connectivity index (χ1n) is 9.19. The van der Waals surface area contributed by atoms with Crippen LogP contribution >= 0.6 is 11.3 Å². The van der Waals surface area contributed by atoms with Crippen LogP contribution in [0.25, 0.3) is 10.6 Å². The van der Waals surface area contributed by atoms with E-state index in [9.17, 15) is 4.79 Å². The lowest BCUT2D eigenvalue weighted by Crippen LogP contribution is -2.26. The summed E-state index contributed by atoms with van der Waals surface area (Å²) in [6, 6.07) is 4.28. The maximum atomic E-state index is 11.6. The molecule has 0 spiro atoms. The van der Waals surface area contributed by atoms with Crippen LogP contribution in [0.15, 0.2) is 18.3 Å². The van der Waals surface area contributed by atoms with E-state index < -0.39 is 0 Å². The molecule has 2 aliphatic heterocycles. The molecule has 4 heterocycles. The minimum atomic E-state index is 0.251. The van der Waals surface area contributed by atoms with Crippen molar-refractivity contribution in [1.82, 2.24) is 19.9 Å². The Balaban J connectivity index is 1.33. The van der Waals surface area contributed by atoms with Gasteiger partial charge in [0.2, 0.25) is 5.91 Å². The maximum absolute atomic E-state index is 11.6. The van der Waals surface area contributed by atoms with E-state index >= 15 is 0 Å². The quantitative estimate of drug-likeness (QED) is 0.793. The third-order valence-corrected chi connectivity index (χ3v) is 6.10. The predicted octanol–water partition coefficient (Wildman–Crippen LogP) is 3.26. The zero-order valence-electron chi connectivity index (χ0n) is 14.4. The van der Waals surface area contributed by atoms with Crippen LogP contribution < -0.4 is 0 Å². The number of hydrogen-bond donors (Lipinski definition) is 0. The van der Waals surface area contributed by atoms with Gasteiger partial charge in [-0.1, -0.05) is 5.21 Å². The standard InChI is InChI=1S/C18H24N4O2S/c23-18-6-3-9-21(18)10-4-11-22-13-14(19-20-22)16-7-8-17(25-16)15-5-1-2-12-24-15/h7-8,13,15H,1-6,9-12H2/t15-/m1/s1. The van der Waals surface area contributed by atoms with Gasteiger partial charge in [-0.2, -0.15) is 0 Å². The molecule has 2 aliphatic rings. The van der Waals surface area contributed by atoms with Crippen LogP contribution in [0.4, 0.5) is 0 Å². The first-order chi connectivity index (χ1) is 12.3. The Morgan fingerprint density at radius 1 is 1.24 bits per heavy atom. The molecular weight excluding hydrogens is 336 g/mol. The van der Waals surface area contributed by atoms with Gasteiger partial charge >= 0.3 is 0 Å². The molecule has 0 N–H and O–H groups in total. The topological polar surface area (TPSA) is 60.2 Å². The van der Waals surface area contributed by atoms with Crippen molar-refractivity contribution in [1.29, 1.82) is 0 Å². The van der Waals surface area contributed by atoms with Crippen LogP contribution in [0.3, 0.4) is 0 Å². The summed E-state index contributed by atoms with van der Waals surface area (Å²) in [5.41, 5.74) is 0.921.